The molecule has 0 N–H and O–H groups in total. The molecule has 1 aliphatic carbocycles. The summed E-state index contributed by atoms with van der Waals surface area (Å²) in [6.45, 7) is 14.9. The minimum Gasteiger partial charge on any atom is -0.0828 e. The van der Waals surface area contributed by atoms with Gasteiger partial charge in [0.25, 0.3) is 0 Å². The van der Waals surface area contributed by atoms with Crippen LogP contribution in [-0.2, 0) is 0 Å². The summed E-state index contributed by atoms with van der Waals surface area (Å²) >= 11 is 0. The van der Waals surface area contributed by atoms with E-state index in [0.29, 0.717) is 0 Å². The average Bonchev–Trinajstić information content (AvgIpc) is 2.20. The van der Waals surface area contributed by atoms with Crippen LogP contribution in [0.5, 0.6) is 0 Å². The molecule has 0 heteroatoms. The fraction of sp³-hybridized carbons (Fsp3) is 0.875. The van der Waals surface area contributed by atoms with Gasteiger partial charge in [-0.1, -0.05) is 65.5 Å². The lowest BCUT2D eigenvalue weighted by atomic mass is 9.88. The molecule has 0 heterocycles. The third kappa shape index (κ3) is 16.2. The third-order valence-corrected chi connectivity index (χ3v) is 2.22. The number of rotatable bonds is 1. The summed E-state index contributed by atoms with van der Waals surface area (Å²) in [6, 6.07) is 0. The molecule has 0 radical (unpaired) electrons. The molecule has 0 aromatic carbocycles. The first kappa shape index (κ1) is 18.1. The third-order valence-electron chi connectivity index (χ3n) is 2.22. The second-order valence-corrected chi connectivity index (χ2v) is 5.37. The SMILES string of the molecule is CC.CC(C)=CC1CCCCC1.CC(C)C. The van der Waals surface area contributed by atoms with Crippen LogP contribution in [0.3, 0.4) is 0 Å². The maximum atomic E-state index is 2.44. The molecular weight excluding hydrogens is 192 g/mol. The minimum atomic E-state index is 0.833. The van der Waals surface area contributed by atoms with E-state index < -0.39 is 0 Å². The molecule has 0 atom stereocenters. The Hall–Kier alpha value is -0.260. The largest absolute Gasteiger partial charge is 0.0828 e. The molecule has 0 aliphatic heterocycles. The topological polar surface area (TPSA) is 0 Å². The Bertz CT molecular complexity index is 141. The average molecular weight is 226 g/mol. The summed E-state index contributed by atoms with van der Waals surface area (Å²) in [6.07, 6.45) is 9.69. The van der Waals surface area contributed by atoms with E-state index in [9.17, 15) is 0 Å². The Morgan fingerprint density at radius 3 is 1.62 bits per heavy atom. The van der Waals surface area contributed by atoms with Crippen LogP contribution in [0.4, 0.5) is 0 Å². The molecule has 0 aromatic heterocycles. The molecule has 98 valence electrons. The molecule has 1 rings (SSSR count). The number of allylic oxidation sites excluding steroid dienone is 2. The zero-order valence-corrected chi connectivity index (χ0v) is 12.8. The molecular formula is C16H34. The molecule has 0 aromatic rings. The Balaban J connectivity index is 0. The van der Waals surface area contributed by atoms with Gasteiger partial charge in [-0.25, -0.2) is 0 Å². The van der Waals surface area contributed by atoms with Crippen molar-refractivity contribution < 1.29 is 0 Å². The lowest BCUT2D eigenvalue weighted by Crippen LogP contribution is -2.02. The van der Waals surface area contributed by atoms with Crippen LogP contribution in [0.2, 0.25) is 0 Å². The molecule has 0 nitrogen and oxygen atoms in total. The van der Waals surface area contributed by atoms with Gasteiger partial charge in [0.15, 0.2) is 0 Å². The van der Waals surface area contributed by atoms with Crippen molar-refractivity contribution >= 4 is 0 Å². The van der Waals surface area contributed by atoms with Gasteiger partial charge in [-0.2, -0.15) is 0 Å². The highest BCUT2D eigenvalue weighted by Gasteiger charge is 2.09. The van der Waals surface area contributed by atoms with Crippen molar-refractivity contribution in [3.8, 4) is 0 Å². The van der Waals surface area contributed by atoms with Crippen LogP contribution < -0.4 is 0 Å². The van der Waals surface area contributed by atoms with Crippen molar-refractivity contribution in [1.82, 2.24) is 0 Å². The highest BCUT2D eigenvalue weighted by Crippen LogP contribution is 2.25. The van der Waals surface area contributed by atoms with E-state index in [1.165, 1.54) is 37.7 Å². The Kier molecular flexibility index (Phi) is 14.5. The lowest BCUT2D eigenvalue weighted by Gasteiger charge is -2.18. The lowest BCUT2D eigenvalue weighted by molar-refractivity contribution is 0.418. The van der Waals surface area contributed by atoms with E-state index in [-0.39, 0.29) is 0 Å². The summed E-state index contributed by atoms with van der Waals surface area (Å²) in [4.78, 5) is 0. The van der Waals surface area contributed by atoms with E-state index in [2.05, 4.69) is 40.7 Å². The molecule has 1 saturated carbocycles. The predicted octanol–water partition coefficient (Wildman–Crippen LogP) is 6.22. The van der Waals surface area contributed by atoms with E-state index >= 15 is 0 Å². The number of hydrogen-bond acceptors (Lipinski definition) is 0. The Labute approximate surface area is 105 Å². The standard InChI is InChI=1S/C10H18.C4H10.C2H6/c1-9(2)8-10-6-4-3-5-7-10;1-4(2)3;1-2/h8,10H,3-7H2,1-2H3;4H,1-3H3;1-2H3. The summed E-state index contributed by atoms with van der Waals surface area (Å²) in [5.74, 6) is 1.75. The van der Waals surface area contributed by atoms with Crippen LogP contribution in [0.1, 0.15) is 80.6 Å². The first-order chi connectivity index (χ1) is 7.52. The van der Waals surface area contributed by atoms with Gasteiger partial charge < -0.3 is 0 Å². The monoisotopic (exact) mass is 226 g/mol. The summed E-state index contributed by atoms with van der Waals surface area (Å²) in [7, 11) is 0. The highest BCUT2D eigenvalue weighted by atomic mass is 14.1. The molecule has 1 fully saturated rings. The zero-order chi connectivity index (χ0) is 13.0. The van der Waals surface area contributed by atoms with Gasteiger partial charge >= 0.3 is 0 Å². The molecule has 0 bridgehead atoms. The van der Waals surface area contributed by atoms with Crippen molar-refractivity contribution in [2.45, 2.75) is 80.6 Å². The maximum absolute atomic E-state index is 2.44. The van der Waals surface area contributed by atoms with E-state index in [1.807, 2.05) is 13.8 Å². The Morgan fingerprint density at radius 1 is 0.938 bits per heavy atom. The quantitative estimate of drug-likeness (QED) is 0.465. The van der Waals surface area contributed by atoms with Crippen molar-refractivity contribution in [2.24, 2.45) is 11.8 Å². The van der Waals surface area contributed by atoms with Crippen LogP contribution in [0, 0.1) is 11.8 Å². The summed E-state index contributed by atoms with van der Waals surface area (Å²) in [5, 5.41) is 0. The van der Waals surface area contributed by atoms with Crippen LogP contribution in [-0.4, -0.2) is 0 Å². The maximum Gasteiger partial charge on any atom is -0.0231 e. The van der Waals surface area contributed by atoms with Gasteiger partial charge in [0.2, 0.25) is 0 Å². The molecule has 1 aliphatic rings. The fourth-order valence-electron chi connectivity index (χ4n) is 1.77. The van der Waals surface area contributed by atoms with Crippen LogP contribution in [0.15, 0.2) is 11.6 Å². The van der Waals surface area contributed by atoms with Gasteiger partial charge in [-0.15, -0.1) is 0 Å². The van der Waals surface area contributed by atoms with Crippen molar-refractivity contribution in [2.75, 3.05) is 0 Å². The number of hydrogen-bond donors (Lipinski definition) is 0. The van der Waals surface area contributed by atoms with Gasteiger partial charge in [0.1, 0.15) is 0 Å². The van der Waals surface area contributed by atoms with E-state index in [0.717, 1.165) is 11.8 Å². The van der Waals surface area contributed by atoms with E-state index in [4.69, 9.17) is 0 Å². The highest BCUT2D eigenvalue weighted by molar-refractivity contribution is 4.97. The molecule has 0 saturated heterocycles. The molecule has 0 amide bonds. The Morgan fingerprint density at radius 2 is 1.31 bits per heavy atom. The predicted molar refractivity (Wildman–Crippen MR) is 77.9 cm³/mol. The summed E-state index contributed by atoms with van der Waals surface area (Å²) in [5.41, 5.74) is 1.49. The van der Waals surface area contributed by atoms with Crippen LogP contribution >= 0.6 is 0 Å². The van der Waals surface area contributed by atoms with Gasteiger partial charge in [-0.05, 0) is 38.5 Å². The molecule has 0 unspecified atom stereocenters. The molecule has 0 spiro atoms. The zero-order valence-electron chi connectivity index (χ0n) is 12.8. The second kappa shape index (κ2) is 12.8. The summed E-state index contributed by atoms with van der Waals surface area (Å²) < 4.78 is 0. The van der Waals surface area contributed by atoms with Crippen LogP contribution in [0.25, 0.3) is 0 Å². The van der Waals surface area contributed by atoms with E-state index in [1.54, 1.807) is 0 Å². The second-order valence-electron chi connectivity index (χ2n) is 5.37. The van der Waals surface area contributed by atoms with Crippen molar-refractivity contribution in [1.29, 1.82) is 0 Å². The van der Waals surface area contributed by atoms with Crippen molar-refractivity contribution in [3.05, 3.63) is 11.6 Å². The minimum absolute atomic E-state index is 0.833. The van der Waals surface area contributed by atoms with Crippen molar-refractivity contribution in [3.63, 3.8) is 0 Å². The molecule has 16 heavy (non-hydrogen) atoms. The van der Waals surface area contributed by atoms with Gasteiger partial charge in [-0.3, -0.25) is 0 Å². The fourth-order valence-corrected chi connectivity index (χ4v) is 1.77. The normalized spacial score (nSPS) is 15.5. The van der Waals surface area contributed by atoms with Gasteiger partial charge in [0.05, 0.1) is 0 Å². The first-order valence-corrected chi connectivity index (χ1v) is 7.17. The first-order valence-electron chi connectivity index (χ1n) is 7.17. The smallest absolute Gasteiger partial charge is 0.0231 e. The van der Waals surface area contributed by atoms with Gasteiger partial charge in [0, 0.05) is 0 Å².